The van der Waals surface area contributed by atoms with Gasteiger partial charge in [0.1, 0.15) is 11.4 Å². The van der Waals surface area contributed by atoms with Gasteiger partial charge in [0, 0.05) is 5.56 Å². The van der Waals surface area contributed by atoms with Crippen LogP contribution in [0.1, 0.15) is 0 Å². The fourth-order valence-electron chi connectivity index (χ4n) is 1.62. The minimum Gasteiger partial charge on any atom is -0.436 e. The number of hydrogen-bond acceptors (Lipinski definition) is 4. The SMILES string of the molecule is c1ccc(Oc2nsnc2-c2ccccc2)cc1. The Kier molecular flexibility index (Phi) is 3.02. The van der Waals surface area contributed by atoms with E-state index in [-0.39, 0.29) is 0 Å². The molecule has 88 valence electrons. The van der Waals surface area contributed by atoms with E-state index in [2.05, 4.69) is 8.75 Å². The van der Waals surface area contributed by atoms with Crippen molar-refractivity contribution in [2.45, 2.75) is 0 Å². The van der Waals surface area contributed by atoms with Crippen molar-refractivity contribution in [3.8, 4) is 22.9 Å². The fourth-order valence-corrected chi connectivity index (χ4v) is 2.12. The number of rotatable bonds is 3. The molecule has 3 rings (SSSR count). The van der Waals surface area contributed by atoms with Crippen LogP contribution in [0.3, 0.4) is 0 Å². The van der Waals surface area contributed by atoms with E-state index in [0.29, 0.717) is 5.88 Å². The molecule has 0 atom stereocenters. The van der Waals surface area contributed by atoms with Crippen LogP contribution in [0.5, 0.6) is 11.6 Å². The average Bonchev–Trinajstić information content (AvgIpc) is 2.89. The van der Waals surface area contributed by atoms with Gasteiger partial charge in [-0.25, -0.2) is 0 Å². The maximum Gasteiger partial charge on any atom is 0.259 e. The third kappa shape index (κ3) is 2.24. The molecule has 0 aliphatic rings. The van der Waals surface area contributed by atoms with Gasteiger partial charge < -0.3 is 4.74 Å². The standard InChI is InChI=1S/C14H10N2OS/c1-3-7-11(8-4-1)13-14(16-18-15-13)17-12-9-5-2-6-10-12/h1-10H. The van der Waals surface area contributed by atoms with E-state index in [1.165, 1.54) is 0 Å². The summed E-state index contributed by atoms with van der Waals surface area (Å²) in [5, 5.41) is 0. The van der Waals surface area contributed by atoms with Crippen molar-refractivity contribution in [2.75, 3.05) is 0 Å². The molecule has 3 nitrogen and oxygen atoms in total. The molecule has 0 aliphatic carbocycles. The van der Waals surface area contributed by atoms with Crippen molar-refractivity contribution in [3.05, 3.63) is 60.7 Å². The molecule has 1 aromatic heterocycles. The molecule has 1 heterocycles. The molecule has 18 heavy (non-hydrogen) atoms. The molecule has 0 amide bonds. The van der Waals surface area contributed by atoms with Gasteiger partial charge in [-0.2, -0.15) is 4.37 Å². The van der Waals surface area contributed by atoms with Gasteiger partial charge in [0.2, 0.25) is 0 Å². The van der Waals surface area contributed by atoms with Gasteiger partial charge in [0.05, 0.1) is 11.7 Å². The van der Waals surface area contributed by atoms with E-state index >= 15 is 0 Å². The minimum atomic E-state index is 0.553. The molecule has 0 aliphatic heterocycles. The highest BCUT2D eigenvalue weighted by molar-refractivity contribution is 6.99. The Hall–Kier alpha value is -2.20. The van der Waals surface area contributed by atoms with Crippen LogP contribution in [0.2, 0.25) is 0 Å². The van der Waals surface area contributed by atoms with Crippen molar-refractivity contribution in [2.24, 2.45) is 0 Å². The third-order valence-electron chi connectivity index (χ3n) is 2.46. The van der Waals surface area contributed by atoms with Crippen LogP contribution in [-0.2, 0) is 0 Å². The van der Waals surface area contributed by atoms with Crippen molar-refractivity contribution in [1.82, 2.24) is 8.75 Å². The van der Waals surface area contributed by atoms with Crippen LogP contribution in [0.4, 0.5) is 0 Å². The number of para-hydroxylation sites is 1. The van der Waals surface area contributed by atoms with Crippen LogP contribution >= 0.6 is 11.7 Å². The second kappa shape index (κ2) is 4.98. The van der Waals surface area contributed by atoms with Gasteiger partial charge in [-0.3, -0.25) is 0 Å². The Morgan fingerprint density at radius 3 is 2.17 bits per heavy atom. The first kappa shape index (κ1) is 10.9. The first-order valence-corrected chi connectivity index (χ1v) is 6.27. The van der Waals surface area contributed by atoms with Crippen LogP contribution in [0, 0.1) is 0 Å². The monoisotopic (exact) mass is 254 g/mol. The van der Waals surface area contributed by atoms with Crippen molar-refractivity contribution in [3.63, 3.8) is 0 Å². The first-order valence-electron chi connectivity index (χ1n) is 5.54. The van der Waals surface area contributed by atoms with E-state index in [4.69, 9.17) is 4.74 Å². The van der Waals surface area contributed by atoms with Crippen LogP contribution < -0.4 is 4.74 Å². The summed E-state index contributed by atoms with van der Waals surface area (Å²) in [5.41, 5.74) is 1.79. The Labute approximate surface area is 109 Å². The maximum absolute atomic E-state index is 5.74. The topological polar surface area (TPSA) is 35.0 Å². The molecular weight excluding hydrogens is 244 g/mol. The normalized spacial score (nSPS) is 10.2. The van der Waals surface area contributed by atoms with Crippen LogP contribution in [0.15, 0.2) is 60.7 Å². The molecule has 2 aromatic carbocycles. The molecule has 0 saturated heterocycles. The Balaban J connectivity index is 1.93. The second-order valence-corrected chi connectivity index (χ2v) is 4.23. The second-order valence-electron chi connectivity index (χ2n) is 3.70. The van der Waals surface area contributed by atoms with E-state index in [9.17, 15) is 0 Å². The summed E-state index contributed by atoms with van der Waals surface area (Å²) < 4.78 is 14.2. The summed E-state index contributed by atoms with van der Waals surface area (Å²) in [6, 6.07) is 19.5. The molecule has 0 unspecified atom stereocenters. The van der Waals surface area contributed by atoms with Gasteiger partial charge >= 0.3 is 0 Å². The van der Waals surface area contributed by atoms with E-state index in [0.717, 1.165) is 28.7 Å². The summed E-state index contributed by atoms with van der Waals surface area (Å²) >= 11 is 1.16. The smallest absolute Gasteiger partial charge is 0.259 e. The molecule has 0 N–H and O–H groups in total. The summed E-state index contributed by atoms with van der Waals surface area (Å²) in [6.07, 6.45) is 0. The highest BCUT2D eigenvalue weighted by Crippen LogP contribution is 2.30. The van der Waals surface area contributed by atoms with E-state index < -0.39 is 0 Å². The Bertz CT molecular complexity index is 623. The van der Waals surface area contributed by atoms with Crippen molar-refractivity contribution in [1.29, 1.82) is 0 Å². The summed E-state index contributed by atoms with van der Waals surface area (Å²) in [6.45, 7) is 0. The first-order chi connectivity index (χ1) is 8.93. The minimum absolute atomic E-state index is 0.553. The molecule has 0 saturated carbocycles. The largest absolute Gasteiger partial charge is 0.436 e. The molecule has 0 fully saturated rings. The van der Waals surface area contributed by atoms with Gasteiger partial charge in [-0.05, 0) is 12.1 Å². The zero-order valence-electron chi connectivity index (χ0n) is 9.48. The lowest BCUT2D eigenvalue weighted by atomic mass is 10.2. The molecule has 0 spiro atoms. The Morgan fingerprint density at radius 1 is 0.778 bits per heavy atom. The summed E-state index contributed by atoms with van der Waals surface area (Å²) in [7, 11) is 0. The van der Waals surface area contributed by atoms with Crippen molar-refractivity contribution < 1.29 is 4.74 Å². The van der Waals surface area contributed by atoms with Gasteiger partial charge in [0.25, 0.3) is 5.88 Å². The van der Waals surface area contributed by atoms with Crippen LogP contribution in [0.25, 0.3) is 11.3 Å². The quantitative estimate of drug-likeness (QED) is 0.708. The zero-order valence-corrected chi connectivity index (χ0v) is 10.3. The van der Waals surface area contributed by atoms with E-state index in [1.807, 2.05) is 60.7 Å². The lowest BCUT2D eigenvalue weighted by molar-refractivity contribution is 0.470. The van der Waals surface area contributed by atoms with Crippen LogP contribution in [-0.4, -0.2) is 8.75 Å². The Morgan fingerprint density at radius 2 is 1.44 bits per heavy atom. The summed E-state index contributed by atoms with van der Waals surface area (Å²) in [5.74, 6) is 1.32. The van der Waals surface area contributed by atoms with E-state index in [1.54, 1.807) is 0 Å². The summed E-state index contributed by atoms with van der Waals surface area (Å²) in [4.78, 5) is 0. The lowest BCUT2D eigenvalue weighted by Gasteiger charge is -2.03. The predicted octanol–water partition coefficient (Wildman–Crippen LogP) is 4.00. The molecule has 0 bridgehead atoms. The lowest BCUT2D eigenvalue weighted by Crippen LogP contribution is -1.87. The highest BCUT2D eigenvalue weighted by Gasteiger charge is 2.12. The number of benzene rings is 2. The fraction of sp³-hybridized carbons (Fsp3) is 0. The van der Waals surface area contributed by atoms with Gasteiger partial charge in [-0.1, -0.05) is 48.5 Å². The zero-order chi connectivity index (χ0) is 12.2. The molecule has 4 heteroatoms. The molecular formula is C14H10N2OS. The highest BCUT2D eigenvalue weighted by atomic mass is 32.1. The van der Waals surface area contributed by atoms with Gasteiger partial charge in [0.15, 0.2) is 0 Å². The number of aromatic nitrogens is 2. The molecule has 3 aromatic rings. The maximum atomic E-state index is 5.74. The third-order valence-corrected chi connectivity index (χ3v) is 2.98. The number of hydrogen-bond donors (Lipinski definition) is 0. The average molecular weight is 254 g/mol. The number of nitrogens with zero attached hydrogens (tertiary/aromatic N) is 2. The molecule has 0 radical (unpaired) electrons. The number of ether oxygens (including phenoxy) is 1. The van der Waals surface area contributed by atoms with Gasteiger partial charge in [-0.15, -0.1) is 4.37 Å². The predicted molar refractivity (Wildman–Crippen MR) is 71.9 cm³/mol. The van der Waals surface area contributed by atoms with Crippen molar-refractivity contribution >= 4 is 11.7 Å².